The fourth-order valence-electron chi connectivity index (χ4n) is 2.82. The Morgan fingerprint density at radius 2 is 1.88 bits per heavy atom. The quantitative estimate of drug-likeness (QED) is 0.544. The third-order valence-corrected chi connectivity index (χ3v) is 6.90. The molecule has 0 aliphatic rings. The zero-order valence-electron chi connectivity index (χ0n) is 13.9. The molecule has 0 atom stereocenters. The van der Waals surface area contributed by atoms with Gasteiger partial charge >= 0.3 is 0 Å². The van der Waals surface area contributed by atoms with Crippen molar-refractivity contribution in [2.75, 3.05) is 4.72 Å². The van der Waals surface area contributed by atoms with Crippen molar-refractivity contribution in [3.63, 3.8) is 0 Å². The number of aryl methyl sites for hydroxylation is 2. The van der Waals surface area contributed by atoms with Gasteiger partial charge in [-0.3, -0.25) is 4.72 Å². The second-order valence-corrected chi connectivity index (χ2v) is 8.77. The first kappa shape index (κ1) is 16.8. The Hall–Kier alpha value is -2.64. The Morgan fingerprint density at radius 3 is 2.65 bits per heavy atom. The highest BCUT2D eigenvalue weighted by molar-refractivity contribution is 7.94. The molecule has 4 rings (SSSR count). The van der Waals surface area contributed by atoms with Crippen LogP contribution in [0.15, 0.2) is 76.6 Å². The van der Waals surface area contributed by atoms with Crippen molar-refractivity contribution in [1.82, 2.24) is 9.55 Å². The van der Waals surface area contributed by atoms with E-state index >= 15 is 0 Å². The second-order valence-electron chi connectivity index (χ2n) is 5.91. The first-order valence-corrected chi connectivity index (χ1v) is 10.5. The van der Waals surface area contributed by atoms with Crippen LogP contribution in [0, 0.1) is 0 Å². The SMILES string of the molecule is O=S(=O)(Nc1ccc2c(c1)ncn2CCc1ccccc1)c1cccs1. The van der Waals surface area contributed by atoms with Crippen LogP contribution in [0.4, 0.5) is 5.69 Å². The summed E-state index contributed by atoms with van der Waals surface area (Å²) in [5.74, 6) is 0. The first-order chi connectivity index (χ1) is 12.6. The Balaban J connectivity index is 1.54. The molecule has 0 aliphatic heterocycles. The third-order valence-electron chi connectivity index (χ3n) is 4.12. The Bertz CT molecular complexity index is 1120. The number of thiophene rings is 1. The van der Waals surface area contributed by atoms with Crippen molar-refractivity contribution in [1.29, 1.82) is 0 Å². The van der Waals surface area contributed by atoms with E-state index in [-0.39, 0.29) is 0 Å². The Morgan fingerprint density at radius 1 is 1.04 bits per heavy atom. The largest absolute Gasteiger partial charge is 0.330 e. The van der Waals surface area contributed by atoms with Crippen LogP contribution in [0.25, 0.3) is 11.0 Å². The zero-order chi connectivity index (χ0) is 18.0. The number of imidazole rings is 1. The van der Waals surface area contributed by atoms with Gasteiger partial charge in [0.2, 0.25) is 0 Å². The van der Waals surface area contributed by atoms with Crippen molar-refractivity contribution in [2.24, 2.45) is 0 Å². The number of anilines is 1. The highest BCUT2D eigenvalue weighted by Crippen LogP contribution is 2.23. The van der Waals surface area contributed by atoms with Crippen molar-refractivity contribution in [2.45, 2.75) is 17.2 Å². The van der Waals surface area contributed by atoms with Gasteiger partial charge < -0.3 is 4.57 Å². The summed E-state index contributed by atoms with van der Waals surface area (Å²) >= 11 is 1.19. The topological polar surface area (TPSA) is 64.0 Å². The van der Waals surface area contributed by atoms with Gasteiger partial charge in [0, 0.05) is 6.54 Å². The lowest BCUT2D eigenvalue weighted by Gasteiger charge is -2.07. The summed E-state index contributed by atoms with van der Waals surface area (Å²) < 4.78 is 29.7. The van der Waals surface area contributed by atoms with Crippen LogP contribution in [0.1, 0.15) is 5.56 Å². The summed E-state index contributed by atoms with van der Waals surface area (Å²) in [5, 5.41) is 1.74. The van der Waals surface area contributed by atoms with Gasteiger partial charge in [-0.2, -0.15) is 0 Å². The average molecular weight is 383 g/mol. The minimum atomic E-state index is -3.54. The van der Waals surface area contributed by atoms with Gasteiger partial charge in [0.1, 0.15) is 4.21 Å². The van der Waals surface area contributed by atoms with Gasteiger partial charge in [-0.25, -0.2) is 13.4 Å². The maximum Gasteiger partial charge on any atom is 0.271 e. The lowest BCUT2D eigenvalue weighted by Crippen LogP contribution is -2.11. The molecule has 2 aromatic carbocycles. The molecule has 0 spiro atoms. The molecule has 0 radical (unpaired) electrons. The van der Waals surface area contributed by atoms with Crippen LogP contribution in [0.3, 0.4) is 0 Å². The fraction of sp³-hybridized carbons (Fsp3) is 0.105. The van der Waals surface area contributed by atoms with Crippen LogP contribution < -0.4 is 4.72 Å². The summed E-state index contributed by atoms with van der Waals surface area (Å²) in [7, 11) is -3.54. The molecule has 1 N–H and O–H groups in total. The normalized spacial score (nSPS) is 11.7. The summed E-state index contributed by atoms with van der Waals surface area (Å²) in [5.41, 5.74) is 3.54. The number of benzene rings is 2. The van der Waals surface area contributed by atoms with Gasteiger partial charge in [0.15, 0.2) is 0 Å². The summed E-state index contributed by atoms with van der Waals surface area (Å²) in [4.78, 5) is 4.42. The molecule has 132 valence electrons. The molecule has 0 unspecified atom stereocenters. The number of hydrogen-bond acceptors (Lipinski definition) is 4. The Kier molecular flexibility index (Phi) is 4.48. The van der Waals surface area contributed by atoms with E-state index in [4.69, 9.17) is 0 Å². The van der Waals surface area contributed by atoms with E-state index in [1.807, 2.05) is 24.3 Å². The molecule has 5 nitrogen and oxygen atoms in total. The van der Waals surface area contributed by atoms with E-state index in [2.05, 4.69) is 26.4 Å². The zero-order valence-corrected chi connectivity index (χ0v) is 15.5. The third kappa shape index (κ3) is 3.49. The maximum absolute atomic E-state index is 12.3. The molecule has 0 aliphatic carbocycles. The van der Waals surface area contributed by atoms with Gasteiger partial charge in [-0.15, -0.1) is 11.3 Å². The van der Waals surface area contributed by atoms with Gasteiger partial charge in [0.25, 0.3) is 10.0 Å². The number of fused-ring (bicyclic) bond motifs is 1. The summed E-state index contributed by atoms with van der Waals surface area (Å²) in [6, 6.07) is 19.0. The van der Waals surface area contributed by atoms with Crippen LogP contribution in [0.5, 0.6) is 0 Å². The molecule has 0 amide bonds. The van der Waals surface area contributed by atoms with E-state index in [1.165, 1.54) is 16.9 Å². The smallest absolute Gasteiger partial charge is 0.271 e. The number of nitrogens with zero attached hydrogens (tertiary/aromatic N) is 2. The minimum Gasteiger partial charge on any atom is -0.330 e. The molecule has 0 fully saturated rings. The number of nitrogens with one attached hydrogen (secondary N) is 1. The van der Waals surface area contributed by atoms with Gasteiger partial charge in [0.05, 0.1) is 23.0 Å². The number of aromatic nitrogens is 2. The second kappa shape index (κ2) is 6.93. The highest BCUT2D eigenvalue weighted by atomic mass is 32.2. The van der Waals surface area contributed by atoms with E-state index < -0.39 is 10.0 Å². The molecule has 26 heavy (non-hydrogen) atoms. The molecular formula is C19H17N3O2S2. The van der Waals surface area contributed by atoms with Crippen molar-refractivity contribution < 1.29 is 8.42 Å². The Labute approximate surface area is 156 Å². The van der Waals surface area contributed by atoms with Crippen LogP contribution in [-0.4, -0.2) is 18.0 Å². The minimum absolute atomic E-state index is 0.297. The summed E-state index contributed by atoms with van der Waals surface area (Å²) in [6.07, 6.45) is 2.71. The lowest BCUT2D eigenvalue weighted by molar-refractivity contribution is 0.603. The molecule has 4 aromatic rings. The number of sulfonamides is 1. The molecular weight excluding hydrogens is 366 g/mol. The summed E-state index contributed by atoms with van der Waals surface area (Å²) in [6.45, 7) is 0.820. The predicted octanol–water partition coefficient (Wildman–Crippen LogP) is 4.14. The number of rotatable bonds is 6. The van der Waals surface area contributed by atoms with Crippen molar-refractivity contribution in [3.8, 4) is 0 Å². The molecule has 0 saturated heterocycles. The molecule has 0 saturated carbocycles. The van der Waals surface area contributed by atoms with E-state index in [9.17, 15) is 8.42 Å². The van der Waals surface area contributed by atoms with E-state index in [0.717, 1.165) is 24.0 Å². The highest BCUT2D eigenvalue weighted by Gasteiger charge is 2.15. The van der Waals surface area contributed by atoms with Gasteiger partial charge in [-0.05, 0) is 41.6 Å². The molecule has 2 aromatic heterocycles. The van der Waals surface area contributed by atoms with Gasteiger partial charge in [-0.1, -0.05) is 36.4 Å². The first-order valence-electron chi connectivity index (χ1n) is 8.17. The molecule has 0 bridgehead atoms. The lowest BCUT2D eigenvalue weighted by atomic mass is 10.1. The number of hydrogen-bond donors (Lipinski definition) is 1. The van der Waals surface area contributed by atoms with Crippen LogP contribution in [-0.2, 0) is 23.0 Å². The average Bonchev–Trinajstić information content (AvgIpc) is 3.31. The maximum atomic E-state index is 12.3. The predicted molar refractivity (Wildman–Crippen MR) is 105 cm³/mol. The van der Waals surface area contributed by atoms with E-state index in [0.29, 0.717) is 9.90 Å². The van der Waals surface area contributed by atoms with Crippen LogP contribution in [0.2, 0.25) is 0 Å². The van der Waals surface area contributed by atoms with E-state index in [1.54, 1.807) is 36.0 Å². The monoisotopic (exact) mass is 383 g/mol. The van der Waals surface area contributed by atoms with Crippen molar-refractivity contribution >= 4 is 38.1 Å². The molecule has 7 heteroatoms. The standard InChI is InChI=1S/C19H17N3O2S2/c23-26(24,19-7-4-12-25-19)21-16-8-9-18-17(13-16)20-14-22(18)11-10-15-5-2-1-3-6-15/h1-9,12-14,21H,10-11H2. The fourth-order valence-corrected chi connectivity index (χ4v) is 4.86. The van der Waals surface area contributed by atoms with Crippen LogP contribution >= 0.6 is 11.3 Å². The van der Waals surface area contributed by atoms with Crippen molar-refractivity contribution in [3.05, 3.63) is 77.9 Å². The molecule has 2 heterocycles.